The molecule has 2 nitrogen and oxygen atoms in total. The number of rotatable bonds is 7. The van der Waals surface area contributed by atoms with Gasteiger partial charge in [0.05, 0.1) is 6.61 Å². The predicted octanol–water partition coefficient (Wildman–Crippen LogP) is 4.28. The van der Waals surface area contributed by atoms with Gasteiger partial charge in [0, 0.05) is 11.1 Å². The Morgan fingerprint density at radius 2 is 1.62 bits per heavy atom. The van der Waals surface area contributed by atoms with Gasteiger partial charge < -0.3 is 10.5 Å². The normalized spacial score (nSPS) is 13.7. The summed E-state index contributed by atoms with van der Waals surface area (Å²) in [6.45, 7) is 4.98. The van der Waals surface area contributed by atoms with Crippen molar-refractivity contribution in [2.75, 3.05) is 6.61 Å². The standard InChI is InChI=1S/C19H25NO/c1-3-14-21-18-13-9-8-12-17(18)19(20,4-2)15-16-10-6-5-7-11-16/h5-13H,3-4,14-15,20H2,1-2H3. The van der Waals surface area contributed by atoms with Crippen LogP contribution in [-0.4, -0.2) is 6.61 Å². The Bertz CT molecular complexity index is 553. The zero-order valence-corrected chi connectivity index (χ0v) is 13.0. The lowest BCUT2D eigenvalue weighted by molar-refractivity contribution is 0.300. The summed E-state index contributed by atoms with van der Waals surface area (Å²) in [6, 6.07) is 18.6. The molecule has 1 unspecified atom stereocenters. The summed E-state index contributed by atoms with van der Waals surface area (Å²) in [4.78, 5) is 0. The largest absolute Gasteiger partial charge is 0.493 e. The smallest absolute Gasteiger partial charge is 0.124 e. The topological polar surface area (TPSA) is 35.2 Å². The minimum Gasteiger partial charge on any atom is -0.493 e. The van der Waals surface area contributed by atoms with Crippen molar-refractivity contribution in [2.24, 2.45) is 5.73 Å². The third kappa shape index (κ3) is 3.85. The molecule has 0 saturated carbocycles. The number of para-hydroxylation sites is 1. The van der Waals surface area contributed by atoms with Crippen molar-refractivity contribution < 1.29 is 4.74 Å². The molecule has 2 heteroatoms. The van der Waals surface area contributed by atoms with E-state index in [-0.39, 0.29) is 0 Å². The molecule has 0 spiro atoms. The molecule has 2 aromatic carbocycles. The molecule has 0 fully saturated rings. The summed E-state index contributed by atoms with van der Waals surface area (Å²) in [7, 11) is 0. The molecule has 0 saturated heterocycles. The molecule has 0 bridgehead atoms. The van der Waals surface area contributed by atoms with Crippen molar-refractivity contribution in [1.29, 1.82) is 0 Å². The monoisotopic (exact) mass is 283 g/mol. The summed E-state index contributed by atoms with van der Waals surface area (Å²) in [5.41, 5.74) is 8.70. The zero-order chi connectivity index (χ0) is 15.1. The Morgan fingerprint density at radius 3 is 2.29 bits per heavy atom. The minimum absolute atomic E-state index is 0.397. The van der Waals surface area contributed by atoms with Crippen LogP contribution in [0.2, 0.25) is 0 Å². The lowest BCUT2D eigenvalue weighted by atomic mass is 9.82. The molecule has 112 valence electrons. The molecule has 0 aliphatic heterocycles. The first-order chi connectivity index (χ1) is 10.2. The molecule has 2 aromatic rings. The van der Waals surface area contributed by atoms with E-state index in [0.717, 1.165) is 37.2 Å². The summed E-state index contributed by atoms with van der Waals surface area (Å²) in [6.07, 6.45) is 2.68. The van der Waals surface area contributed by atoms with Crippen LogP contribution in [0.25, 0.3) is 0 Å². The maximum Gasteiger partial charge on any atom is 0.124 e. The van der Waals surface area contributed by atoms with E-state index < -0.39 is 5.54 Å². The van der Waals surface area contributed by atoms with E-state index in [1.54, 1.807) is 0 Å². The number of nitrogens with two attached hydrogens (primary N) is 1. The fourth-order valence-electron chi connectivity index (χ4n) is 2.59. The van der Waals surface area contributed by atoms with Gasteiger partial charge in [-0.25, -0.2) is 0 Å². The molecule has 0 aliphatic carbocycles. The summed E-state index contributed by atoms with van der Waals surface area (Å²) >= 11 is 0. The van der Waals surface area contributed by atoms with Crippen molar-refractivity contribution in [2.45, 2.75) is 38.6 Å². The van der Waals surface area contributed by atoms with Gasteiger partial charge in [-0.2, -0.15) is 0 Å². The fourth-order valence-corrected chi connectivity index (χ4v) is 2.59. The van der Waals surface area contributed by atoms with Crippen molar-refractivity contribution in [3.05, 3.63) is 65.7 Å². The van der Waals surface area contributed by atoms with E-state index in [2.05, 4.69) is 44.2 Å². The highest BCUT2D eigenvalue weighted by molar-refractivity contribution is 5.40. The van der Waals surface area contributed by atoms with Crippen LogP contribution in [0.3, 0.4) is 0 Å². The molecular weight excluding hydrogens is 258 g/mol. The third-order valence-electron chi connectivity index (χ3n) is 3.88. The predicted molar refractivity (Wildman–Crippen MR) is 88.5 cm³/mol. The van der Waals surface area contributed by atoms with Crippen LogP contribution in [0.15, 0.2) is 54.6 Å². The number of ether oxygens (including phenoxy) is 1. The molecule has 1 atom stereocenters. The van der Waals surface area contributed by atoms with Gasteiger partial charge in [-0.15, -0.1) is 0 Å². The Kier molecular flexibility index (Phi) is 5.40. The number of benzene rings is 2. The highest BCUT2D eigenvalue weighted by atomic mass is 16.5. The Hall–Kier alpha value is -1.80. The molecule has 21 heavy (non-hydrogen) atoms. The van der Waals surface area contributed by atoms with Gasteiger partial charge in [0.15, 0.2) is 0 Å². The Labute approximate surface area is 127 Å². The van der Waals surface area contributed by atoms with Crippen LogP contribution in [-0.2, 0) is 12.0 Å². The van der Waals surface area contributed by atoms with Gasteiger partial charge in [-0.3, -0.25) is 0 Å². The van der Waals surface area contributed by atoms with Crippen molar-refractivity contribution in [3.8, 4) is 5.75 Å². The Balaban J connectivity index is 2.31. The number of hydrogen-bond acceptors (Lipinski definition) is 2. The molecular formula is C19H25NO. The van der Waals surface area contributed by atoms with E-state index in [1.807, 2.05) is 24.3 Å². The fraction of sp³-hybridized carbons (Fsp3) is 0.368. The Morgan fingerprint density at radius 1 is 0.952 bits per heavy atom. The SMILES string of the molecule is CCCOc1ccccc1C(N)(CC)Cc1ccccc1. The van der Waals surface area contributed by atoms with Crippen LogP contribution in [0.4, 0.5) is 0 Å². The van der Waals surface area contributed by atoms with Crippen LogP contribution in [0.5, 0.6) is 5.75 Å². The average molecular weight is 283 g/mol. The van der Waals surface area contributed by atoms with Crippen molar-refractivity contribution >= 4 is 0 Å². The molecule has 0 heterocycles. The maximum absolute atomic E-state index is 6.74. The first-order valence-corrected chi connectivity index (χ1v) is 7.74. The maximum atomic E-state index is 6.74. The van der Waals surface area contributed by atoms with Crippen LogP contribution < -0.4 is 10.5 Å². The zero-order valence-electron chi connectivity index (χ0n) is 13.0. The molecule has 2 rings (SSSR count). The third-order valence-corrected chi connectivity index (χ3v) is 3.88. The second-order valence-corrected chi connectivity index (χ2v) is 5.52. The van der Waals surface area contributed by atoms with E-state index >= 15 is 0 Å². The van der Waals surface area contributed by atoms with Crippen LogP contribution in [0.1, 0.15) is 37.8 Å². The highest BCUT2D eigenvalue weighted by Crippen LogP contribution is 2.33. The van der Waals surface area contributed by atoms with Crippen molar-refractivity contribution in [3.63, 3.8) is 0 Å². The van der Waals surface area contributed by atoms with E-state index in [4.69, 9.17) is 10.5 Å². The second-order valence-electron chi connectivity index (χ2n) is 5.52. The summed E-state index contributed by atoms with van der Waals surface area (Å²) < 4.78 is 5.89. The van der Waals surface area contributed by atoms with E-state index in [1.165, 1.54) is 5.56 Å². The molecule has 2 N–H and O–H groups in total. The second kappa shape index (κ2) is 7.28. The van der Waals surface area contributed by atoms with Gasteiger partial charge in [-0.05, 0) is 30.9 Å². The minimum atomic E-state index is -0.397. The summed E-state index contributed by atoms with van der Waals surface area (Å²) in [5, 5.41) is 0. The lowest BCUT2D eigenvalue weighted by Crippen LogP contribution is -2.38. The summed E-state index contributed by atoms with van der Waals surface area (Å²) in [5.74, 6) is 0.916. The van der Waals surface area contributed by atoms with Gasteiger partial charge in [0.2, 0.25) is 0 Å². The van der Waals surface area contributed by atoms with Crippen LogP contribution >= 0.6 is 0 Å². The lowest BCUT2D eigenvalue weighted by Gasteiger charge is -2.31. The molecule has 0 amide bonds. The molecule has 0 aliphatic rings. The molecule has 0 aromatic heterocycles. The van der Waals surface area contributed by atoms with Gasteiger partial charge in [-0.1, -0.05) is 62.4 Å². The van der Waals surface area contributed by atoms with Gasteiger partial charge in [0.1, 0.15) is 5.75 Å². The van der Waals surface area contributed by atoms with E-state index in [9.17, 15) is 0 Å². The van der Waals surface area contributed by atoms with E-state index in [0.29, 0.717) is 0 Å². The van der Waals surface area contributed by atoms with Crippen molar-refractivity contribution in [1.82, 2.24) is 0 Å². The number of hydrogen-bond donors (Lipinski definition) is 1. The first kappa shape index (κ1) is 15.6. The van der Waals surface area contributed by atoms with Crippen LogP contribution in [0, 0.1) is 0 Å². The molecule has 0 radical (unpaired) electrons. The van der Waals surface area contributed by atoms with Gasteiger partial charge in [0.25, 0.3) is 0 Å². The quantitative estimate of drug-likeness (QED) is 0.823. The first-order valence-electron chi connectivity index (χ1n) is 7.74. The van der Waals surface area contributed by atoms with Gasteiger partial charge >= 0.3 is 0 Å². The highest BCUT2D eigenvalue weighted by Gasteiger charge is 2.28. The average Bonchev–Trinajstić information content (AvgIpc) is 2.54.